The molecular formula is C48H85NO8P+. The first kappa shape index (κ1) is 55.5. The number of ether oxygens (including phenoxy) is 2. The molecule has 0 aliphatic rings. The first-order valence-electron chi connectivity index (χ1n) is 22.7. The van der Waals surface area contributed by atoms with Gasteiger partial charge in [0, 0.05) is 12.8 Å². The summed E-state index contributed by atoms with van der Waals surface area (Å²) in [5.74, 6) is -0.904. The van der Waals surface area contributed by atoms with Crippen LogP contribution in [0.25, 0.3) is 0 Å². The molecule has 1 N–H and O–H groups in total. The smallest absolute Gasteiger partial charge is 0.462 e. The number of quaternary nitrogens is 1. The van der Waals surface area contributed by atoms with Gasteiger partial charge in [-0.1, -0.05) is 151 Å². The third-order valence-electron chi connectivity index (χ3n) is 9.22. The Morgan fingerprint density at radius 2 is 0.966 bits per heavy atom. The van der Waals surface area contributed by atoms with Gasteiger partial charge >= 0.3 is 19.8 Å². The van der Waals surface area contributed by atoms with Crippen LogP contribution in [0.1, 0.15) is 168 Å². The Morgan fingerprint density at radius 3 is 1.48 bits per heavy atom. The van der Waals surface area contributed by atoms with E-state index in [2.05, 4.69) is 74.6 Å². The second kappa shape index (κ2) is 39.9. The lowest BCUT2D eigenvalue weighted by Crippen LogP contribution is -2.37. The molecule has 2 unspecified atom stereocenters. The van der Waals surface area contributed by atoms with Crippen LogP contribution in [0.4, 0.5) is 0 Å². The molecule has 0 aromatic rings. The molecule has 0 fully saturated rings. The molecule has 0 saturated heterocycles. The van der Waals surface area contributed by atoms with Crippen LogP contribution in [0.15, 0.2) is 72.9 Å². The molecule has 0 aliphatic carbocycles. The minimum absolute atomic E-state index is 0.0157. The molecule has 0 radical (unpaired) electrons. The van der Waals surface area contributed by atoms with E-state index >= 15 is 0 Å². The van der Waals surface area contributed by atoms with Crippen LogP contribution in [-0.4, -0.2) is 74.9 Å². The fourth-order valence-electron chi connectivity index (χ4n) is 5.64. The number of rotatable bonds is 40. The van der Waals surface area contributed by atoms with Gasteiger partial charge in [-0.25, -0.2) is 4.57 Å². The minimum atomic E-state index is -4.40. The predicted octanol–water partition coefficient (Wildman–Crippen LogP) is 13.0. The van der Waals surface area contributed by atoms with Gasteiger partial charge in [0.05, 0.1) is 27.7 Å². The van der Waals surface area contributed by atoms with Crippen LogP contribution in [0.2, 0.25) is 0 Å². The summed E-state index contributed by atoms with van der Waals surface area (Å²) in [7, 11) is 1.42. The van der Waals surface area contributed by atoms with Crippen LogP contribution in [-0.2, 0) is 32.7 Å². The van der Waals surface area contributed by atoms with E-state index in [0.29, 0.717) is 23.9 Å². The topological polar surface area (TPSA) is 108 Å². The fraction of sp³-hybridized carbons (Fsp3) is 0.708. The number of phosphoric acid groups is 1. The third-order valence-corrected chi connectivity index (χ3v) is 10.2. The Labute approximate surface area is 355 Å². The number of likely N-dealkylation sites (N-methyl/N-ethyl adjacent to an activating group) is 1. The zero-order valence-electron chi connectivity index (χ0n) is 37.5. The van der Waals surface area contributed by atoms with Gasteiger partial charge in [-0.15, -0.1) is 0 Å². The molecule has 0 spiro atoms. The van der Waals surface area contributed by atoms with Crippen LogP contribution in [0.5, 0.6) is 0 Å². The van der Waals surface area contributed by atoms with Crippen molar-refractivity contribution in [2.24, 2.45) is 0 Å². The molecule has 0 aromatic carbocycles. The van der Waals surface area contributed by atoms with E-state index in [1.807, 2.05) is 33.3 Å². The Kier molecular flexibility index (Phi) is 38.1. The minimum Gasteiger partial charge on any atom is -0.462 e. The molecular weight excluding hydrogens is 750 g/mol. The van der Waals surface area contributed by atoms with Gasteiger partial charge in [0.2, 0.25) is 0 Å². The number of phosphoric ester groups is 1. The molecule has 0 rings (SSSR count). The largest absolute Gasteiger partial charge is 0.472 e. The van der Waals surface area contributed by atoms with Gasteiger partial charge in [-0.05, 0) is 77.0 Å². The van der Waals surface area contributed by atoms with Gasteiger partial charge in [-0.2, -0.15) is 0 Å². The van der Waals surface area contributed by atoms with Crippen molar-refractivity contribution < 1.29 is 42.1 Å². The molecule has 0 aromatic heterocycles. The molecule has 0 amide bonds. The van der Waals surface area contributed by atoms with E-state index in [-0.39, 0.29) is 26.1 Å². The first-order chi connectivity index (χ1) is 28.0. The summed E-state index contributed by atoms with van der Waals surface area (Å²) in [5, 5.41) is 0. The number of hydrogen-bond acceptors (Lipinski definition) is 7. The summed E-state index contributed by atoms with van der Waals surface area (Å²) in [4.78, 5) is 35.3. The summed E-state index contributed by atoms with van der Waals surface area (Å²) in [6, 6.07) is 0. The number of carbonyl (C=O) groups is 2. The molecule has 0 aliphatic heterocycles. The van der Waals surface area contributed by atoms with Gasteiger partial charge < -0.3 is 18.9 Å². The molecule has 334 valence electrons. The van der Waals surface area contributed by atoms with E-state index < -0.39 is 32.5 Å². The number of nitrogens with zero attached hydrogens (tertiary/aromatic N) is 1. The van der Waals surface area contributed by atoms with Gasteiger partial charge in [0.15, 0.2) is 6.10 Å². The lowest BCUT2D eigenvalue weighted by atomic mass is 10.1. The zero-order chi connectivity index (χ0) is 42.8. The van der Waals surface area contributed by atoms with Crippen LogP contribution < -0.4 is 0 Å². The lowest BCUT2D eigenvalue weighted by molar-refractivity contribution is -0.870. The quantitative estimate of drug-likeness (QED) is 0.0214. The standard InChI is InChI=1S/C48H84NO8P/c1-6-8-10-12-14-16-18-20-21-22-23-24-25-26-27-29-30-32-34-36-38-40-47(50)54-44-46(45-56-58(52,53)55-43-42-49(3,4)5)57-48(51)41-39-37-35-33-31-28-19-17-15-13-11-9-7-2/h14,16,20-21,23-24,26-28,31,35,37,46H,6-13,15,17-19,22,25,29-30,32-34,36,38-45H2,1-5H3/p+1/b16-14+,21-20+,24-23+,27-26+,31-28+,37-35+. The highest BCUT2D eigenvalue weighted by Gasteiger charge is 2.27. The maximum Gasteiger partial charge on any atom is 0.472 e. The van der Waals surface area contributed by atoms with E-state index in [1.54, 1.807) is 0 Å². The molecule has 0 saturated carbocycles. The monoisotopic (exact) mass is 835 g/mol. The zero-order valence-corrected chi connectivity index (χ0v) is 38.4. The average molecular weight is 835 g/mol. The Hall–Kier alpha value is -2.55. The second-order valence-electron chi connectivity index (χ2n) is 16.1. The number of unbranched alkanes of at least 4 members (excludes halogenated alkanes) is 14. The first-order valence-corrected chi connectivity index (χ1v) is 24.2. The SMILES string of the molecule is CCCCC/C=C/C/C=C/C/C=C/C/C=C/CCCCCCCC(=O)OCC(COP(=O)(O)OCC[N+](C)(C)C)OC(=O)CC/C=C/C/C=C/CCCCCCCC. The lowest BCUT2D eigenvalue weighted by Gasteiger charge is -2.24. The van der Waals surface area contributed by atoms with Crippen molar-refractivity contribution in [2.75, 3.05) is 47.5 Å². The van der Waals surface area contributed by atoms with E-state index in [4.69, 9.17) is 18.5 Å². The maximum atomic E-state index is 12.6. The van der Waals surface area contributed by atoms with Crippen molar-refractivity contribution in [3.63, 3.8) is 0 Å². The number of hydrogen-bond donors (Lipinski definition) is 1. The summed E-state index contributed by atoms with van der Waals surface area (Å²) in [5.41, 5.74) is 0. The highest BCUT2D eigenvalue weighted by molar-refractivity contribution is 7.47. The van der Waals surface area contributed by atoms with Crippen LogP contribution in [0, 0.1) is 0 Å². The molecule has 0 heterocycles. The maximum absolute atomic E-state index is 12.6. The van der Waals surface area contributed by atoms with E-state index in [9.17, 15) is 19.0 Å². The molecule has 9 nitrogen and oxygen atoms in total. The fourth-order valence-corrected chi connectivity index (χ4v) is 6.38. The molecule has 0 bridgehead atoms. The van der Waals surface area contributed by atoms with Crippen molar-refractivity contribution in [2.45, 2.75) is 174 Å². The van der Waals surface area contributed by atoms with Crippen molar-refractivity contribution in [1.29, 1.82) is 0 Å². The van der Waals surface area contributed by atoms with E-state index in [1.165, 1.54) is 64.2 Å². The molecule has 10 heteroatoms. The van der Waals surface area contributed by atoms with Gasteiger partial charge in [0.1, 0.15) is 19.8 Å². The summed E-state index contributed by atoms with van der Waals surface area (Å²) in [6.07, 6.45) is 49.7. The number of carbonyl (C=O) groups excluding carboxylic acids is 2. The highest BCUT2D eigenvalue weighted by Crippen LogP contribution is 2.43. The molecule has 58 heavy (non-hydrogen) atoms. The van der Waals surface area contributed by atoms with Crippen molar-refractivity contribution in [3.05, 3.63) is 72.9 Å². The molecule has 2 atom stereocenters. The van der Waals surface area contributed by atoms with E-state index in [0.717, 1.165) is 64.2 Å². The summed E-state index contributed by atoms with van der Waals surface area (Å²) < 4.78 is 34.2. The second-order valence-corrected chi connectivity index (χ2v) is 17.5. The highest BCUT2D eigenvalue weighted by atomic mass is 31.2. The van der Waals surface area contributed by atoms with Crippen LogP contribution in [0.3, 0.4) is 0 Å². The Bertz CT molecular complexity index is 1220. The van der Waals surface area contributed by atoms with Gasteiger partial charge in [-0.3, -0.25) is 18.6 Å². The van der Waals surface area contributed by atoms with Gasteiger partial charge in [0.25, 0.3) is 0 Å². The number of allylic oxidation sites excluding steroid dienone is 12. The number of esters is 2. The van der Waals surface area contributed by atoms with Crippen molar-refractivity contribution in [1.82, 2.24) is 0 Å². The average Bonchev–Trinajstić information content (AvgIpc) is 3.17. The Balaban J connectivity index is 4.42. The summed E-state index contributed by atoms with van der Waals surface area (Å²) in [6.45, 7) is 4.28. The van der Waals surface area contributed by atoms with Crippen LogP contribution >= 0.6 is 7.82 Å². The Morgan fingerprint density at radius 1 is 0.534 bits per heavy atom. The third kappa shape index (κ3) is 43.0. The van der Waals surface area contributed by atoms with Crippen molar-refractivity contribution >= 4 is 19.8 Å². The van der Waals surface area contributed by atoms with Crippen molar-refractivity contribution in [3.8, 4) is 0 Å². The normalized spacial score (nSPS) is 14.2. The summed E-state index contributed by atoms with van der Waals surface area (Å²) >= 11 is 0. The predicted molar refractivity (Wildman–Crippen MR) is 242 cm³/mol.